The van der Waals surface area contributed by atoms with Crippen molar-refractivity contribution < 1.29 is 5.11 Å². The van der Waals surface area contributed by atoms with Gasteiger partial charge in [0.2, 0.25) is 0 Å². The van der Waals surface area contributed by atoms with Crippen molar-refractivity contribution in [3.05, 3.63) is 29.3 Å². The van der Waals surface area contributed by atoms with Crippen molar-refractivity contribution in [2.24, 2.45) is 0 Å². The fraction of sp³-hybridized carbons (Fsp3) is 0.538. The third-order valence-electron chi connectivity index (χ3n) is 3.08. The molecule has 0 spiro atoms. The number of phenolic OH excluding ortho intramolecular Hbond substituents is 1. The third kappa shape index (κ3) is 2.09. The van der Waals surface area contributed by atoms with Gasteiger partial charge >= 0.3 is 0 Å². The SMILES string of the molecule is CCc1ccc(O)c(C(C)(C)CC)c1. The van der Waals surface area contributed by atoms with Crippen molar-refractivity contribution in [2.45, 2.75) is 46.0 Å². The summed E-state index contributed by atoms with van der Waals surface area (Å²) in [7, 11) is 0. The molecule has 1 aromatic rings. The van der Waals surface area contributed by atoms with Crippen LogP contribution in [-0.2, 0) is 11.8 Å². The highest BCUT2D eigenvalue weighted by Gasteiger charge is 2.21. The van der Waals surface area contributed by atoms with E-state index < -0.39 is 0 Å². The van der Waals surface area contributed by atoms with Crippen molar-refractivity contribution in [1.29, 1.82) is 0 Å². The van der Waals surface area contributed by atoms with E-state index in [1.54, 1.807) is 0 Å². The highest BCUT2D eigenvalue weighted by molar-refractivity contribution is 5.40. The molecule has 0 atom stereocenters. The lowest BCUT2D eigenvalue weighted by molar-refractivity contribution is 0.428. The number of aryl methyl sites for hydroxylation is 1. The predicted molar refractivity (Wildman–Crippen MR) is 60.8 cm³/mol. The van der Waals surface area contributed by atoms with Crippen LogP contribution in [0.25, 0.3) is 0 Å². The minimum atomic E-state index is 0.0647. The monoisotopic (exact) mass is 192 g/mol. The summed E-state index contributed by atoms with van der Waals surface area (Å²) in [5.74, 6) is 0.425. The maximum Gasteiger partial charge on any atom is 0.119 e. The molecule has 1 nitrogen and oxygen atoms in total. The highest BCUT2D eigenvalue weighted by Crippen LogP contribution is 2.34. The number of rotatable bonds is 3. The molecular formula is C13H20O. The van der Waals surface area contributed by atoms with Crippen LogP contribution in [0.4, 0.5) is 0 Å². The van der Waals surface area contributed by atoms with Crippen LogP contribution in [0.2, 0.25) is 0 Å². The maximum atomic E-state index is 9.80. The molecule has 78 valence electrons. The maximum absolute atomic E-state index is 9.80. The second-order valence-corrected chi connectivity index (χ2v) is 4.44. The van der Waals surface area contributed by atoms with Crippen molar-refractivity contribution in [3.63, 3.8) is 0 Å². The first-order valence-electron chi connectivity index (χ1n) is 5.33. The zero-order valence-electron chi connectivity index (χ0n) is 9.59. The molecule has 0 radical (unpaired) electrons. The molecule has 0 aromatic heterocycles. The molecule has 1 rings (SSSR count). The molecule has 0 aliphatic heterocycles. The topological polar surface area (TPSA) is 20.2 Å². The minimum Gasteiger partial charge on any atom is -0.508 e. The first-order valence-corrected chi connectivity index (χ1v) is 5.33. The summed E-state index contributed by atoms with van der Waals surface area (Å²) in [6, 6.07) is 5.93. The van der Waals surface area contributed by atoms with E-state index >= 15 is 0 Å². The molecule has 0 bridgehead atoms. The number of phenols is 1. The van der Waals surface area contributed by atoms with Crippen LogP contribution in [0.1, 0.15) is 45.2 Å². The second-order valence-electron chi connectivity index (χ2n) is 4.44. The molecule has 1 aromatic carbocycles. The van der Waals surface area contributed by atoms with Gasteiger partial charge in [-0.05, 0) is 35.4 Å². The van der Waals surface area contributed by atoms with Crippen molar-refractivity contribution in [1.82, 2.24) is 0 Å². The largest absolute Gasteiger partial charge is 0.508 e. The Hall–Kier alpha value is -0.980. The van der Waals surface area contributed by atoms with E-state index in [2.05, 4.69) is 33.8 Å². The van der Waals surface area contributed by atoms with Gasteiger partial charge in [-0.25, -0.2) is 0 Å². The lowest BCUT2D eigenvalue weighted by Crippen LogP contribution is -2.15. The highest BCUT2D eigenvalue weighted by atomic mass is 16.3. The normalized spacial score (nSPS) is 11.7. The zero-order chi connectivity index (χ0) is 10.8. The Bertz CT molecular complexity index is 313. The van der Waals surface area contributed by atoms with Crippen LogP contribution in [0.15, 0.2) is 18.2 Å². The summed E-state index contributed by atoms with van der Waals surface area (Å²) in [5.41, 5.74) is 2.42. The molecule has 0 saturated heterocycles. The molecule has 0 heterocycles. The van der Waals surface area contributed by atoms with Gasteiger partial charge in [0.1, 0.15) is 5.75 Å². The summed E-state index contributed by atoms with van der Waals surface area (Å²) in [5, 5.41) is 9.80. The molecule has 0 unspecified atom stereocenters. The second kappa shape index (κ2) is 4.04. The van der Waals surface area contributed by atoms with Gasteiger partial charge in [0.25, 0.3) is 0 Å². The molecule has 1 N–H and O–H groups in total. The fourth-order valence-electron chi connectivity index (χ4n) is 1.54. The summed E-state index contributed by atoms with van der Waals surface area (Å²) in [6.07, 6.45) is 2.06. The van der Waals surface area contributed by atoms with Crippen LogP contribution in [0.3, 0.4) is 0 Å². The van der Waals surface area contributed by atoms with E-state index in [1.165, 1.54) is 5.56 Å². The number of hydrogen-bond acceptors (Lipinski definition) is 1. The average molecular weight is 192 g/mol. The Balaban J connectivity index is 3.18. The van der Waals surface area contributed by atoms with Crippen molar-refractivity contribution in [3.8, 4) is 5.75 Å². The minimum absolute atomic E-state index is 0.0647. The number of aromatic hydroxyl groups is 1. The van der Waals surface area contributed by atoms with Gasteiger partial charge in [-0.15, -0.1) is 0 Å². The molecule has 1 heteroatoms. The van der Waals surface area contributed by atoms with E-state index in [0.29, 0.717) is 5.75 Å². The van der Waals surface area contributed by atoms with E-state index in [-0.39, 0.29) is 5.41 Å². The van der Waals surface area contributed by atoms with Crippen molar-refractivity contribution in [2.75, 3.05) is 0 Å². The number of benzene rings is 1. The van der Waals surface area contributed by atoms with Crippen LogP contribution in [-0.4, -0.2) is 5.11 Å². The van der Waals surface area contributed by atoms with Gasteiger partial charge in [0.15, 0.2) is 0 Å². The Morgan fingerprint density at radius 3 is 2.36 bits per heavy atom. The van der Waals surface area contributed by atoms with Crippen LogP contribution < -0.4 is 0 Å². The van der Waals surface area contributed by atoms with Gasteiger partial charge in [0.05, 0.1) is 0 Å². The van der Waals surface area contributed by atoms with Gasteiger partial charge < -0.3 is 5.11 Å². The summed E-state index contributed by atoms with van der Waals surface area (Å²) in [4.78, 5) is 0. The molecule has 0 amide bonds. The lowest BCUT2D eigenvalue weighted by atomic mass is 9.81. The van der Waals surface area contributed by atoms with E-state index in [1.807, 2.05) is 12.1 Å². The fourth-order valence-corrected chi connectivity index (χ4v) is 1.54. The van der Waals surface area contributed by atoms with E-state index in [4.69, 9.17) is 0 Å². The Morgan fingerprint density at radius 2 is 1.86 bits per heavy atom. The number of hydrogen-bond donors (Lipinski definition) is 1. The molecular weight excluding hydrogens is 172 g/mol. The zero-order valence-corrected chi connectivity index (χ0v) is 9.59. The lowest BCUT2D eigenvalue weighted by Gasteiger charge is -2.24. The third-order valence-corrected chi connectivity index (χ3v) is 3.08. The standard InChI is InChI=1S/C13H20O/c1-5-10-7-8-12(14)11(9-10)13(3,4)6-2/h7-9,14H,5-6H2,1-4H3. The first-order chi connectivity index (χ1) is 6.51. The molecule has 0 aliphatic carbocycles. The van der Waals surface area contributed by atoms with Gasteiger partial charge in [-0.3, -0.25) is 0 Å². The molecule has 0 saturated carbocycles. The van der Waals surface area contributed by atoms with Gasteiger partial charge in [-0.2, -0.15) is 0 Å². The Morgan fingerprint density at radius 1 is 1.21 bits per heavy atom. The van der Waals surface area contributed by atoms with Gasteiger partial charge in [-0.1, -0.05) is 39.8 Å². The van der Waals surface area contributed by atoms with Crippen molar-refractivity contribution >= 4 is 0 Å². The molecule has 14 heavy (non-hydrogen) atoms. The van der Waals surface area contributed by atoms with E-state index in [0.717, 1.165) is 18.4 Å². The van der Waals surface area contributed by atoms with Crippen LogP contribution >= 0.6 is 0 Å². The summed E-state index contributed by atoms with van der Waals surface area (Å²) in [6.45, 7) is 8.62. The Kier molecular flexibility index (Phi) is 3.20. The van der Waals surface area contributed by atoms with Crippen LogP contribution in [0, 0.1) is 0 Å². The van der Waals surface area contributed by atoms with Gasteiger partial charge in [0, 0.05) is 0 Å². The summed E-state index contributed by atoms with van der Waals surface area (Å²) < 4.78 is 0. The average Bonchev–Trinajstić information content (AvgIpc) is 2.18. The smallest absolute Gasteiger partial charge is 0.119 e. The summed E-state index contributed by atoms with van der Waals surface area (Å²) >= 11 is 0. The molecule has 0 fully saturated rings. The predicted octanol–water partition coefficient (Wildman–Crippen LogP) is 3.64. The molecule has 0 aliphatic rings. The first kappa shape index (κ1) is 11.1. The van der Waals surface area contributed by atoms with Crippen LogP contribution in [0.5, 0.6) is 5.75 Å². The quantitative estimate of drug-likeness (QED) is 0.775. The van der Waals surface area contributed by atoms with E-state index in [9.17, 15) is 5.11 Å². The Labute approximate surface area is 86.8 Å².